The van der Waals surface area contributed by atoms with E-state index in [-0.39, 0.29) is 11.4 Å². The van der Waals surface area contributed by atoms with Gasteiger partial charge in [-0.3, -0.25) is 4.90 Å². The van der Waals surface area contributed by atoms with Gasteiger partial charge in [0.2, 0.25) is 0 Å². The van der Waals surface area contributed by atoms with E-state index in [0.29, 0.717) is 34.3 Å². The van der Waals surface area contributed by atoms with Gasteiger partial charge < -0.3 is 9.51 Å². The molecule has 188 valence electrons. The zero-order valence-electron chi connectivity index (χ0n) is 20.9. The van der Waals surface area contributed by atoms with Gasteiger partial charge in [0.1, 0.15) is 5.75 Å². The lowest BCUT2D eigenvalue weighted by molar-refractivity contribution is 0.135. The molecule has 1 N–H and O–H groups in total. The maximum absolute atomic E-state index is 14.5. The smallest absolute Gasteiger partial charge is 0.173 e. The van der Waals surface area contributed by atoms with E-state index in [1.165, 1.54) is 6.07 Å². The van der Waals surface area contributed by atoms with Gasteiger partial charge >= 0.3 is 0 Å². The minimum atomic E-state index is -0.410. The molecule has 0 saturated carbocycles. The number of pyridine rings is 1. The first-order valence-electron chi connectivity index (χ1n) is 12.3. The average molecular weight is 499 g/mol. The van der Waals surface area contributed by atoms with Crippen LogP contribution in [0.3, 0.4) is 0 Å². The van der Waals surface area contributed by atoms with Crippen molar-refractivity contribution < 1.29 is 9.50 Å². The van der Waals surface area contributed by atoms with Gasteiger partial charge in [-0.2, -0.15) is 10.2 Å². The Hall–Kier alpha value is -4.18. The average Bonchev–Trinajstić information content (AvgIpc) is 3.48. The summed E-state index contributed by atoms with van der Waals surface area (Å²) in [6.07, 6.45) is 5.57. The van der Waals surface area contributed by atoms with Gasteiger partial charge in [-0.25, -0.2) is 14.1 Å². The van der Waals surface area contributed by atoms with Crippen LogP contribution in [0.5, 0.6) is 5.75 Å². The number of hydrogen-bond acceptors (Lipinski definition) is 7. The molecular formula is C27H27FN8O. The number of hydrogen-bond donors (Lipinski definition) is 1. The number of aromatic nitrogens is 7. The number of halogens is 1. The van der Waals surface area contributed by atoms with E-state index in [1.807, 2.05) is 36.0 Å². The number of imidazole rings is 1. The van der Waals surface area contributed by atoms with Crippen molar-refractivity contribution in [2.45, 2.75) is 39.3 Å². The number of aryl methyl sites for hydroxylation is 1. The minimum absolute atomic E-state index is 0.0612. The second-order valence-corrected chi connectivity index (χ2v) is 9.94. The van der Waals surface area contributed by atoms with Gasteiger partial charge in [0.05, 0.1) is 29.0 Å². The molecule has 0 atom stereocenters. The summed E-state index contributed by atoms with van der Waals surface area (Å²) in [7, 11) is 0. The summed E-state index contributed by atoms with van der Waals surface area (Å²) in [4.78, 5) is 6.50. The van der Waals surface area contributed by atoms with Crippen LogP contribution in [0, 0.1) is 12.7 Å². The van der Waals surface area contributed by atoms with Crippen molar-refractivity contribution in [3.05, 3.63) is 77.9 Å². The van der Waals surface area contributed by atoms with Crippen molar-refractivity contribution >= 4 is 5.65 Å². The number of fused-ring (bicyclic) bond motifs is 1. The Kier molecular flexibility index (Phi) is 5.68. The highest BCUT2D eigenvalue weighted by Gasteiger charge is 2.30. The monoisotopic (exact) mass is 498 g/mol. The van der Waals surface area contributed by atoms with Gasteiger partial charge in [-0.1, -0.05) is 11.3 Å². The molecule has 0 aliphatic carbocycles. The molecule has 1 aliphatic rings. The number of nitrogens with zero attached hydrogens (tertiary/aromatic N) is 8. The highest BCUT2D eigenvalue weighted by atomic mass is 19.1. The molecule has 1 saturated heterocycles. The summed E-state index contributed by atoms with van der Waals surface area (Å²) in [5.41, 5.74) is 5.42. The van der Waals surface area contributed by atoms with Crippen molar-refractivity contribution in [3.63, 3.8) is 0 Å². The first-order chi connectivity index (χ1) is 17.8. The van der Waals surface area contributed by atoms with E-state index in [9.17, 15) is 9.50 Å². The Balaban J connectivity index is 1.13. The third-order valence-corrected chi connectivity index (χ3v) is 6.77. The van der Waals surface area contributed by atoms with Crippen LogP contribution in [0.4, 0.5) is 4.39 Å². The van der Waals surface area contributed by atoms with Gasteiger partial charge in [0, 0.05) is 55.1 Å². The maximum atomic E-state index is 14.5. The molecule has 5 aromatic rings. The summed E-state index contributed by atoms with van der Waals surface area (Å²) in [6.45, 7) is 8.53. The summed E-state index contributed by atoms with van der Waals surface area (Å²) >= 11 is 0. The second kappa shape index (κ2) is 9.04. The van der Waals surface area contributed by atoms with Crippen molar-refractivity contribution in [2.24, 2.45) is 0 Å². The largest absolute Gasteiger partial charge is 0.507 e. The zero-order valence-corrected chi connectivity index (χ0v) is 20.9. The Morgan fingerprint density at radius 1 is 1.00 bits per heavy atom. The third-order valence-electron chi connectivity index (χ3n) is 6.77. The van der Waals surface area contributed by atoms with Crippen LogP contribution in [-0.2, 0) is 6.54 Å². The van der Waals surface area contributed by atoms with Crippen LogP contribution in [0.2, 0.25) is 0 Å². The molecular weight excluding hydrogens is 471 g/mol. The summed E-state index contributed by atoms with van der Waals surface area (Å²) < 4.78 is 18.0. The van der Waals surface area contributed by atoms with E-state index in [2.05, 4.69) is 44.2 Å². The number of rotatable bonds is 6. The van der Waals surface area contributed by atoms with Gasteiger partial charge in [0.15, 0.2) is 11.5 Å². The fourth-order valence-corrected chi connectivity index (χ4v) is 4.72. The van der Waals surface area contributed by atoms with Crippen LogP contribution in [0.1, 0.15) is 42.9 Å². The molecule has 0 radical (unpaired) electrons. The predicted molar refractivity (Wildman–Crippen MR) is 136 cm³/mol. The molecule has 10 heteroatoms. The Labute approximate surface area is 213 Å². The molecule has 0 bridgehead atoms. The van der Waals surface area contributed by atoms with E-state index < -0.39 is 5.82 Å². The molecule has 9 nitrogen and oxygen atoms in total. The quantitative estimate of drug-likeness (QED) is 0.371. The van der Waals surface area contributed by atoms with E-state index >= 15 is 0 Å². The molecule has 0 amide bonds. The number of likely N-dealkylation sites (tertiary alicyclic amines) is 1. The first-order valence-corrected chi connectivity index (χ1v) is 12.3. The van der Waals surface area contributed by atoms with Crippen LogP contribution in [0.15, 0.2) is 55.0 Å². The van der Waals surface area contributed by atoms with E-state index in [0.717, 1.165) is 36.7 Å². The highest BCUT2D eigenvalue weighted by molar-refractivity contribution is 5.74. The Morgan fingerprint density at radius 2 is 1.84 bits per heavy atom. The lowest BCUT2D eigenvalue weighted by Gasteiger charge is -2.38. The van der Waals surface area contributed by atoms with E-state index in [1.54, 1.807) is 28.9 Å². The predicted octanol–water partition coefficient (Wildman–Crippen LogP) is 4.38. The Morgan fingerprint density at radius 3 is 2.54 bits per heavy atom. The summed E-state index contributed by atoms with van der Waals surface area (Å²) in [5, 5.41) is 28.0. The van der Waals surface area contributed by atoms with Gasteiger partial charge in [-0.05, 0) is 56.7 Å². The molecule has 1 fully saturated rings. The normalized spacial score (nSPS) is 14.5. The topological polar surface area (TPSA) is 97.3 Å². The second-order valence-electron chi connectivity index (χ2n) is 9.94. The first kappa shape index (κ1) is 23.2. The maximum Gasteiger partial charge on any atom is 0.173 e. The van der Waals surface area contributed by atoms with Gasteiger partial charge in [-0.15, -0.1) is 5.10 Å². The molecule has 0 spiro atoms. The number of phenolic OH excluding ortho intramolecular Hbond substituents is 1. The van der Waals surface area contributed by atoms with Crippen LogP contribution in [-0.4, -0.2) is 57.7 Å². The molecule has 37 heavy (non-hydrogen) atoms. The fourth-order valence-electron chi connectivity index (χ4n) is 4.72. The molecule has 5 heterocycles. The van der Waals surface area contributed by atoms with Crippen LogP contribution in [0.25, 0.3) is 28.0 Å². The lowest BCUT2D eigenvalue weighted by atomic mass is 9.95. The van der Waals surface area contributed by atoms with Crippen molar-refractivity contribution in [2.75, 3.05) is 13.1 Å². The summed E-state index contributed by atoms with van der Waals surface area (Å²) in [5.74, 6) is -0.0347. The number of aromatic hydroxyl groups is 1. The molecule has 1 aliphatic heterocycles. The standard InChI is InChI=1S/C27H27FN8O/c1-16(2)36-15-21(30-33-36)14-34-11-20(12-34)24-6-7-25(32-31-24)22-5-4-18(9-26(22)37)19-8-23(28)27-29-17(3)10-35(27)13-19/h4-10,13,15-16,20,37H,11-12,14H2,1-3H3. The van der Waals surface area contributed by atoms with Crippen molar-refractivity contribution in [1.29, 1.82) is 0 Å². The Bertz CT molecular complexity index is 1580. The fraction of sp³-hybridized carbons (Fsp3) is 0.296. The molecule has 4 aromatic heterocycles. The summed E-state index contributed by atoms with van der Waals surface area (Å²) in [6, 6.07) is 10.8. The molecule has 6 rings (SSSR count). The number of benzene rings is 1. The van der Waals surface area contributed by atoms with Crippen LogP contribution >= 0.6 is 0 Å². The zero-order chi connectivity index (χ0) is 25.7. The SMILES string of the molecule is Cc1cn2cc(-c3ccc(-c4ccc(C5CN(Cc6cn(C(C)C)nn6)C5)nn4)c(O)c3)cc(F)c2n1. The molecule has 1 aromatic carbocycles. The molecule has 0 unspecified atom stereocenters. The highest BCUT2D eigenvalue weighted by Crippen LogP contribution is 2.34. The van der Waals surface area contributed by atoms with Gasteiger partial charge in [0.25, 0.3) is 0 Å². The van der Waals surface area contributed by atoms with Crippen LogP contribution < -0.4 is 0 Å². The lowest BCUT2D eigenvalue weighted by Crippen LogP contribution is -2.44. The van der Waals surface area contributed by atoms with E-state index in [4.69, 9.17) is 0 Å². The minimum Gasteiger partial charge on any atom is -0.507 e. The van der Waals surface area contributed by atoms with Crippen molar-refractivity contribution in [3.8, 4) is 28.1 Å². The third kappa shape index (κ3) is 4.44. The number of phenols is 1. The van der Waals surface area contributed by atoms with Crippen molar-refractivity contribution in [1.82, 2.24) is 39.5 Å².